The Morgan fingerprint density at radius 1 is 1.11 bits per heavy atom. The van der Waals surface area contributed by atoms with Crippen molar-refractivity contribution in [1.82, 2.24) is 24.9 Å². The zero-order valence-electron chi connectivity index (χ0n) is 25.9. The lowest BCUT2D eigenvalue weighted by Gasteiger charge is -2.33. The molecule has 0 unspecified atom stereocenters. The average Bonchev–Trinajstić information content (AvgIpc) is 3.40. The second kappa shape index (κ2) is 15.3. The Morgan fingerprint density at radius 3 is 2.71 bits per heavy atom. The molecule has 3 heterocycles. The van der Waals surface area contributed by atoms with E-state index in [-0.39, 0.29) is 6.54 Å². The van der Waals surface area contributed by atoms with Crippen LogP contribution in [0.3, 0.4) is 0 Å². The van der Waals surface area contributed by atoms with Crippen LogP contribution in [0.4, 0.5) is 0 Å². The number of aromatic nitrogens is 2. The molecule has 0 bridgehead atoms. The number of rotatable bonds is 9. The monoisotopic (exact) mass is 650 g/mol. The summed E-state index contributed by atoms with van der Waals surface area (Å²) in [6.45, 7) is 10.7. The molecule has 0 aliphatic carbocycles. The van der Waals surface area contributed by atoms with Crippen molar-refractivity contribution in [2.45, 2.75) is 58.8 Å². The number of aryl methyl sites for hydroxylation is 1. The zero-order chi connectivity index (χ0) is 31.9. The summed E-state index contributed by atoms with van der Waals surface area (Å²) in [6.07, 6.45) is 2.55. The number of morpholine rings is 1. The first-order chi connectivity index (χ1) is 21.7. The lowest BCUT2D eigenvalue weighted by atomic mass is 9.99. The molecule has 1 fully saturated rings. The van der Waals surface area contributed by atoms with Gasteiger partial charge in [-0.2, -0.15) is 5.10 Å². The third-order valence-electron chi connectivity index (χ3n) is 8.32. The van der Waals surface area contributed by atoms with E-state index in [0.29, 0.717) is 41.2 Å². The van der Waals surface area contributed by atoms with Crippen molar-refractivity contribution in [3.05, 3.63) is 74.4 Å². The van der Waals surface area contributed by atoms with Gasteiger partial charge in [-0.15, -0.1) is 0 Å². The van der Waals surface area contributed by atoms with E-state index in [1.165, 1.54) is 4.90 Å². The lowest BCUT2D eigenvalue weighted by Crippen LogP contribution is -2.44. The molecule has 0 saturated carbocycles. The van der Waals surface area contributed by atoms with Crippen LogP contribution in [0, 0.1) is 11.8 Å². The van der Waals surface area contributed by atoms with Crippen molar-refractivity contribution in [1.29, 1.82) is 0 Å². The Kier molecular flexibility index (Phi) is 11.2. The second-order valence-corrected chi connectivity index (χ2v) is 12.4. The minimum atomic E-state index is -0.956. The SMILES string of the molecule is CCCNCc1cc(C#Cc2cc(-c3nn(CCCN4CCOC[C@@H]4C)c4c3CN(C(=O)C(N)=O)CC4)ccc2Cl)ccc1Cl. The van der Waals surface area contributed by atoms with Crippen molar-refractivity contribution in [2.75, 3.05) is 39.4 Å². The molecule has 3 N–H and O–H groups in total. The molecule has 1 saturated heterocycles. The molecule has 0 radical (unpaired) electrons. The number of primary amides is 1. The Balaban J connectivity index is 1.43. The number of hydrogen-bond donors (Lipinski definition) is 2. The van der Waals surface area contributed by atoms with Crippen LogP contribution in [-0.2, 0) is 40.4 Å². The highest BCUT2D eigenvalue weighted by Crippen LogP contribution is 2.32. The molecule has 3 aromatic rings. The van der Waals surface area contributed by atoms with Gasteiger partial charge in [0.2, 0.25) is 0 Å². The number of carbonyl (C=O) groups is 2. The Labute approximate surface area is 275 Å². The number of carbonyl (C=O) groups excluding carboxylic acids is 2. The largest absolute Gasteiger partial charge is 0.379 e. The predicted molar refractivity (Wildman–Crippen MR) is 177 cm³/mol. The molecule has 5 rings (SSSR count). The van der Waals surface area contributed by atoms with Gasteiger partial charge in [0.15, 0.2) is 0 Å². The van der Waals surface area contributed by atoms with E-state index in [2.05, 4.69) is 40.6 Å². The maximum atomic E-state index is 12.5. The van der Waals surface area contributed by atoms with Gasteiger partial charge < -0.3 is 20.7 Å². The van der Waals surface area contributed by atoms with E-state index in [1.54, 1.807) is 0 Å². The Morgan fingerprint density at radius 2 is 1.93 bits per heavy atom. The fourth-order valence-corrected chi connectivity index (χ4v) is 6.20. The van der Waals surface area contributed by atoms with Gasteiger partial charge >= 0.3 is 11.8 Å². The first-order valence-corrected chi connectivity index (χ1v) is 16.3. The highest BCUT2D eigenvalue weighted by atomic mass is 35.5. The number of amides is 2. The summed E-state index contributed by atoms with van der Waals surface area (Å²) in [5.41, 5.74) is 11.4. The minimum absolute atomic E-state index is 0.260. The third kappa shape index (κ3) is 8.07. The number of hydrogen-bond acceptors (Lipinski definition) is 6. The van der Waals surface area contributed by atoms with Crippen molar-refractivity contribution in [2.24, 2.45) is 5.73 Å². The van der Waals surface area contributed by atoms with E-state index in [4.69, 9.17) is 38.8 Å². The quantitative estimate of drug-likeness (QED) is 0.204. The molecule has 45 heavy (non-hydrogen) atoms. The lowest BCUT2D eigenvalue weighted by molar-refractivity contribution is -0.144. The number of halogens is 2. The molecular weight excluding hydrogens is 611 g/mol. The van der Waals surface area contributed by atoms with Crippen LogP contribution in [-0.4, -0.2) is 76.8 Å². The first kappa shape index (κ1) is 33.0. The van der Waals surface area contributed by atoms with Crippen molar-refractivity contribution in [3.8, 4) is 23.1 Å². The van der Waals surface area contributed by atoms with E-state index in [1.807, 2.05) is 36.4 Å². The summed E-state index contributed by atoms with van der Waals surface area (Å²) in [7, 11) is 0. The van der Waals surface area contributed by atoms with Crippen LogP contribution in [0.5, 0.6) is 0 Å². The standard InChI is InChI=1S/C34H40Cl2N6O3/c1-3-12-38-20-27-18-24(6-9-30(27)36)5-7-25-19-26(8-10-29(25)35)32-28-21-41(34(44)33(37)43)15-11-31(28)42(39-32)14-4-13-40-16-17-45-22-23(40)2/h6,8-10,18-19,23,38H,3-4,11-17,20-22H2,1-2H3,(H2,37,43)/t23-/m0/s1. The molecule has 0 spiro atoms. The maximum Gasteiger partial charge on any atom is 0.311 e. The van der Waals surface area contributed by atoms with Crippen LogP contribution in [0.15, 0.2) is 36.4 Å². The fraction of sp³-hybridized carbons (Fsp3) is 0.441. The van der Waals surface area contributed by atoms with Gasteiger partial charge in [-0.3, -0.25) is 19.2 Å². The molecule has 9 nitrogen and oxygen atoms in total. The number of nitrogens with two attached hydrogens (primary N) is 1. The molecule has 2 aromatic carbocycles. The third-order valence-corrected chi connectivity index (χ3v) is 9.02. The highest BCUT2D eigenvalue weighted by molar-refractivity contribution is 6.34. The van der Waals surface area contributed by atoms with E-state index in [0.717, 1.165) is 85.9 Å². The molecule has 2 amide bonds. The molecule has 1 atom stereocenters. The van der Waals surface area contributed by atoms with Gasteiger partial charge in [0.1, 0.15) is 0 Å². The number of ether oxygens (including phenoxy) is 1. The Bertz CT molecular complexity index is 1610. The van der Waals surface area contributed by atoms with Gasteiger partial charge in [0.25, 0.3) is 0 Å². The highest BCUT2D eigenvalue weighted by Gasteiger charge is 2.30. The second-order valence-electron chi connectivity index (χ2n) is 11.6. The van der Waals surface area contributed by atoms with Gasteiger partial charge in [-0.1, -0.05) is 48.0 Å². The number of fused-ring (bicyclic) bond motifs is 1. The molecule has 2 aliphatic rings. The summed E-state index contributed by atoms with van der Waals surface area (Å²) >= 11 is 13.0. The fourth-order valence-electron chi connectivity index (χ4n) is 5.85. The van der Waals surface area contributed by atoms with Gasteiger partial charge in [0, 0.05) is 78.2 Å². The molecule has 1 aromatic heterocycles. The summed E-state index contributed by atoms with van der Waals surface area (Å²) in [6, 6.07) is 11.8. The summed E-state index contributed by atoms with van der Waals surface area (Å²) in [5.74, 6) is 4.83. The van der Waals surface area contributed by atoms with E-state index in [9.17, 15) is 9.59 Å². The van der Waals surface area contributed by atoms with Crippen LogP contribution in [0.1, 0.15) is 54.6 Å². The zero-order valence-corrected chi connectivity index (χ0v) is 27.4. The van der Waals surface area contributed by atoms with Crippen molar-refractivity contribution < 1.29 is 14.3 Å². The van der Waals surface area contributed by atoms with Gasteiger partial charge in [-0.25, -0.2) is 0 Å². The maximum absolute atomic E-state index is 12.5. The summed E-state index contributed by atoms with van der Waals surface area (Å²) in [5, 5.41) is 9.67. The van der Waals surface area contributed by atoms with Gasteiger partial charge in [-0.05, 0) is 62.2 Å². The first-order valence-electron chi connectivity index (χ1n) is 15.5. The molecule has 238 valence electrons. The molecule has 11 heteroatoms. The van der Waals surface area contributed by atoms with E-state index < -0.39 is 11.8 Å². The van der Waals surface area contributed by atoms with Crippen molar-refractivity contribution >= 4 is 35.0 Å². The molecular formula is C34H40Cl2N6O3. The Hall–Kier alpha value is -3.39. The number of benzene rings is 2. The topological polar surface area (TPSA) is 106 Å². The number of nitrogens with one attached hydrogen (secondary N) is 1. The van der Waals surface area contributed by atoms with Crippen LogP contribution < -0.4 is 11.1 Å². The van der Waals surface area contributed by atoms with Crippen LogP contribution >= 0.6 is 23.2 Å². The van der Waals surface area contributed by atoms with Crippen LogP contribution in [0.2, 0.25) is 10.0 Å². The summed E-state index contributed by atoms with van der Waals surface area (Å²) < 4.78 is 7.65. The van der Waals surface area contributed by atoms with Crippen molar-refractivity contribution in [3.63, 3.8) is 0 Å². The minimum Gasteiger partial charge on any atom is -0.379 e. The van der Waals surface area contributed by atoms with Crippen LogP contribution in [0.25, 0.3) is 11.3 Å². The number of nitrogens with zero attached hydrogens (tertiary/aromatic N) is 4. The normalized spacial score (nSPS) is 16.6. The predicted octanol–water partition coefficient (Wildman–Crippen LogP) is 4.24. The summed E-state index contributed by atoms with van der Waals surface area (Å²) in [4.78, 5) is 28.2. The van der Waals surface area contributed by atoms with Gasteiger partial charge in [0.05, 0.1) is 30.5 Å². The average molecular weight is 652 g/mol. The van der Waals surface area contributed by atoms with E-state index >= 15 is 0 Å². The molecule has 2 aliphatic heterocycles. The smallest absolute Gasteiger partial charge is 0.311 e.